The molecule has 3 aromatic rings. The molecule has 26 heavy (non-hydrogen) atoms. The number of amides is 1. The van der Waals surface area contributed by atoms with Crippen LogP contribution < -0.4 is 10.1 Å². The maximum Gasteiger partial charge on any atom is 0.257 e. The van der Waals surface area contributed by atoms with Gasteiger partial charge in [-0.05, 0) is 24.1 Å². The minimum atomic E-state index is -0.122. The van der Waals surface area contributed by atoms with E-state index in [1.54, 1.807) is 11.3 Å². The van der Waals surface area contributed by atoms with Gasteiger partial charge < -0.3 is 10.1 Å². The molecule has 0 spiro atoms. The van der Waals surface area contributed by atoms with Crippen LogP contribution in [0, 0.1) is 0 Å². The van der Waals surface area contributed by atoms with Gasteiger partial charge in [0.1, 0.15) is 10.8 Å². The molecular weight excluding hydrogens is 344 g/mol. The zero-order valence-corrected chi connectivity index (χ0v) is 15.6. The first-order chi connectivity index (χ1) is 12.7. The Morgan fingerprint density at radius 1 is 1.12 bits per heavy atom. The van der Waals surface area contributed by atoms with Gasteiger partial charge in [-0.15, -0.1) is 11.3 Å². The predicted octanol–water partition coefficient (Wildman–Crippen LogP) is 4.11. The smallest absolute Gasteiger partial charge is 0.257 e. The fraction of sp³-hybridized carbons (Fsp3) is 0.238. The lowest BCUT2D eigenvalue weighted by molar-refractivity contribution is -0.123. The molecule has 0 aliphatic carbocycles. The molecule has 3 rings (SSSR count). The summed E-state index contributed by atoms with van der Waals surface area (Å²) in [5.41, 5.74) is 3.36. The van der Waals surface area contributed by atoms with Crippen LogP contribution in [0.15, 0.2) is 60.0 Å². The first kappa shape index (κ1) is 18.1. The molecule has 1 N–H and O–H groups in total. The van der Waals surface area contributed by atoms with Crippen LogP contribution in [0.5, 0.6) is 5.75 Å². The molecule has 1 heterocycles. The van der Waals surface area contributed by atoms with E-state index < -0.39 is 0 Å². The van der Waals surface area contributed by atoms with E-state index in [-0.39, 0.29) is 12.5 Å². The Morgan fingerprint density at radius 2 is 1.88 bits per heavy atom. The summed E-state index contributed by atoms with van der Waals surface area (Å²) in [4.78, 5) is 16.5. The van der Waals surface area contributed by atoms with E-state index in [2.05, 4.69) is 29.4 Å². The Labute approximate surface area is 157 Å². The summed E-state index contributed by atoms with van der Waals surface area (Å²) in [7, 11) is 0. The highest BCUT2D eigenvalue weighted by Crippen LogP contribution is 2.23. The largest absolute Gasteiger partial charge is 0.484 e. The third-order valence-corrected chi connectivity index (χ3v) is 4.92. The molecule has 0 fully saturated rings. The minimum Gasteiger partial charge on any atom is -0.484 e. The molecule has 1 amide bonds. The third kappa shape index (κ3) is 5.17. The van der Waals surface area contributed by atoms with Gasteiger partial charge >= 0.3 is 0 Å². The number of hydrogen-bond acceptors (Lipinski definition) is 4. The van der Waals surface area contributed by atoms with Gasteiger partial charge in [0.25, 0.3) is 5.91 Å². The number of nitrogens with zero attached hydrogens (tertiary/aromatic N) is 1. The monoisotopic (exact) mass is 366 g/mol. The van der Waals surface area contributed by atoms with Crippen LogP contribution in [-0.2, 0) is 17.6 Å². The highest BCUT2D eigenvalue weighted by molar-refractivity contribution is 7.13. The van der Waals surface area contributed by atoms with Crippen molar-refractivity contribution in [3.63, 3.8) is 0 Å². The molecule has 1 aromatic heterocycles. The van der Waals surface area contributed by atoms with Crippen LogP contribution in [0.4, 0.5) is 0 Å². The SMILES string of the molecule is CCc1ccc(OCC(=O)NCCc2csc(-c3ccccc3)n2)cc1. The number of carbonyl (C=O) groups excluding carboxylic acids is 1. The normalized spacial score (nSPS) is 10.5. The second-order valence-electron chi connectivity index (χ2n) is 5.90. The van der Waals surface area contributed by atoms with Crippen LogP contribution in [0.1, 0.15) is 18.2 Å². The average molecular weight is 366 g/mol. The Balaban J connectivity index is 1.40. The van der Waals surface area contributed by atoms with Crippen molar-refractivity contribution in [3.8, 4) is 16.3 Å². The summed E-state index contributed by atoms with van der Waals surface area (Å²) in [6.07, 6.45) is 1.70. The summed E-state index contributed by atoms with van der Waals surface area (Å²) >= 11 is 1.62. The van der Waals surface area contributed by atoms with Crippen molar-refractivity contribution in [1.82, 2.24) is 10.3 Å². The number of hydrogen-bond donors (Lipinski definition) is 1. The highest BCUT2D eigenvalue weighted by Gasteiger charge is 2.06. The molecule has 0 saturated carbocycles. The minimum absolute atomic E-state index is 0.0256. The van der Waals surface area contributed by atoms with E-state index in [0.717, 1.165) is 22.7 Å². The summed E-state index contributed by atoms with van der Waals surface area (Å²) in [5, 5.41) is 5.92. The number of ether oxygens (including phenoxy) is 1. The van der Waals surface area contributed by atoms with Crippen LogP contribution in [0.3, 0.4) is 0 Å². The lowest BCUT2D eigenvalue weighted by Gasteiger charge is -2.07. The van der Waals surface area contributed by atoms with Crippen molar-refractivity contribution in [2.45, 2.75) is 19.8 Å². The molecule has 0 aliphatic heterocycles. The maximum absolute atomic E-state index is 11.9. The van der Waals surface area contributed by atoms with E-state index in [0.29, 0.717) is 18.7 Å². The molecule has 0 saturated heterocycles. The molecule has 0 unspecified atom stereocenters. The summed E-state index contributed by atoms with van der Waals surface area (Å²) in [5.74, 6) is 0.590. The fourth-order valence-corrected chi connectivity index (χ4v) is 3.35. The number of nitrogens with one attached hydrogen (secondary N) is 1. The van der Waals surface area contributed by atoms with Crippen molar-refractivity contribution in [2.75, 3.05) is 13.2 Å². The molecule has 5 heteroatoms. The predicted molar refractivity (Wildman–Crippen MR) is 106 cm³/mol. The first-order valence-electron chi connectivity index (χ1n) is 8.73. The quantitative estimate of drug-likeness (QED) is 0.653. The fourth-order valence-electron chi connectivity index (χ4n) is 2.49. The molecule has 0 bridgehead atoms. The Kier molecular flexibility index (Phi) is 6.39. The zero-order valence-electron chi connectivity index (χ0n) is 14.8. The number of aromatic nitrogens is 1. The van der Waals surface area contributed by atoms with Crippen molar-refractivity contribution >= 4 is 17.2 Å². The molecular formula is C21H22N2O2S. The van der Waals surface area contributed by atoms with E-state index in [1.165, 1.54) is 5.56 Å². The number of benzene rings is 2. The lowest BCUT2D eigenvalue weighted by atomic mass is 10.2. The van der Waals surface area contributed by atoms with Crippen molar-refractivity contribution in [2.24, 2.45) is 0 Å². The highest BCUT2D eigenvalue weighted by atomic mass is 32.1. The van der Waals surface area contributed by atoms with Crippen molar-refractivity contribution in [1.29, 1.82) is 0 Å². The molecule has 134 valence electrons. The van der Waals surface area contributed by atoms with Gasteiger partial charge in [0, 0.05) is 23.9 Å². The van der Waals surface area contributed by atoms with Gasteiger partial charge in [-0.25, -0.2) is 4.98 Å². The number of aryl methyl sites for hydroxylation is 1. The maximum atomic E-state index is 11.9. The number of rotatable bonds is 8. The molecule has 0 radical (unpaired) electrons. The topological polar surface area (TPSA) is 51.2 Å². The molecule has 2 aromatic carbocycles. The van der Waals surface area contributed by atoms with Gasteiger partial charge in [-0.2, -0.15) is 0 Å². The molecule has 4 nitrogen and oxygen atoms in total. The van der Waals surface area contributed by atoms with E-state index in [4.69, 9.17) is 4.74 Å². The summed E-state index contributed by atoms with van der Waals surface area (Å²) < 4.78 is 5.51. The van der Waals surface area contributed by atoms with Crippen LogP contribution in [0.2, 0.25) is 0 Å². The van der Waals surface area contributed by atoms with Gasteiger partial charge in [0.15, 0.2) is 6.61 Å². The average Bonchev–Trinajstić information content (AvgIpc) is 3.16. The summed E-state index contributed by atoms with van der Waals surface area (Å²) in [6.45, 7) is 2.68. The van der Waals surface area contributed by atoms with Gasteiger partial charge in [-0.3, -0.25) is 4.79 Å². The lowest BCUT2D eigenvalue weighted by Crippen LogP contribution is -2.30. The third-order valence-electron chi connectivity index (χ3n) is 3.98. The van der Waals surface area contributed by atoms with Crippen LogP contribution in [-0.4, -0.2) is 24.0 Å². The second kappa shape index (κ2) is 9.15. The van der Waals surface area contributed by atoms with E-state index in [9.17, 15) is 4.79 Å². The van der Waals surface area contributed by atoms with Crippen molar-refractivity contribution in [3.05, 3.63) is 71.2 Å². The van der Waals surface area contributed by atoms with Gasteiger partial charge in [-0.1, -0.05) is 49.4 Å². The van der Waals surface area contributed by atoms with Crippen LogP contribution >= 0.6 is 11.3 Å². The van der Waals surface area contributed by atoms with Crippen molar-refractivity contribution < 1.29 is 9.53 Å². The Hall–Kier alpha value is -2.66. The summed E-state index contributed by atoms with van der Waals surface area (Å²) in [6, 6.07) is 17.9. The van der Waals surface area contributed by atoms with Crippen LogP contribution in [0.25, 0.3) is 10.6 Å². The molecule has 0 aliphatic rings. The zero-order chi connectivity index (χ0) is 18.2. The van der Waals surface area contributed by atoms with Gasteiger partial charge in [0.2, 0.25) is 0 Å². The standard InChI is InChI=1S/C21H22N2O2S/c1-2-16-8-10-19(11-9-16)25-14-20(24)22-13-12-18-15-26-21(23-18)17-6-4-3-5-7-17/h3-11,15H,2,12-14H2,1H3,(H,22,24). The Bertz CT molecular complexity index is 829. The number of carbonyl (C=O) groups is 1. The first-order valence-corrected chi connectivity index (χ1v) is 9.61. The van der Waals surface area contributed by atoms with Gasteiger partial charge in [0.05, 0.1) is 5.69 Å². The Morgan fingerprint density at radius 3 is 2.62 bits per heavy atom. The molecule has 0 atom stereocenters. The van der Waals surface area contributed by atoms with E-state index >= 15 is 0 Å². The number of thiazole rings is 1. The second-order valence-corrected chi connectivity index (χ2v) is 6.75. The van der Waals surface area contributed by atoms with E-state index in [1.807, 2.05) is 47.8 Å².